The van der Waals surface area contributed by atoms with Crippen molar-refractivity contribution < 1.29 is 27.8 Å². The van der Waals surface area contributed by atoms with Crippen LogP contribution in [0.2, 0.25) is 0 Å². The molecule has 0 spiro atoms. The van der Waals surface area contributed by atoms with Crippen LogP contribution in [0.15, 0.2) is 17.0 Å². The van der Waals surface area contributed by atoms with E-state index in [4.69, 9.17) is 9.47 Å². The van der Waals surface area contributed by atoms with Crippen molar-refractivity contribution in [2.24, 2.45) is 5.92 Å². The molecule has 1 saturated heterocycles. The van der Waals surface area contributed by atoms with Crippen LogP contribution < -0.4 is 9.47 Å². The zero-order valence-corrected chi connectivity index (χ0v) is 14.2. The number of hydrogen-bond donors (Lipinski definition) is 1. The Morgan fingerprint density at radius 1 is 1.22 bits per heavy atom. The third-order valence-corrected chi connectivity index (χ3v) is 6.02. The van der Waals surface area contributed by atoms with Gasteiger partial charge in [-0.05, 0) is 30.9 Å². The number of carboxylic acids is 1. The smallest absolute Gasteiger partial charge is 0.341 e. The van der Waals surface area contributed by atoms with E-state index >= 15 is 0 Å². The Bertz CT molecular complexity index is 692. The standard InChI is InChI=1S/C15H21NO6S/c1-10-6-8-16(9-7-10)23(19,20)12-5-4-11(21-2)14(22-3)13(12)15(17)18/h4-5,10H,6-9H2,1-3H3,(H,17,18). The summed E-state index contributed by atoms with van der Waals surface area (Å²) in [6.07, 6.45) is 1.52. The molecule has 0 saturated carbocycles. The van der Waals surface area contributed by atoms with Crippen LogP contribution in [0, 0.1) is 5.92 Å². The van der Waals surface area contributed by atoms with E-state index in [0.717, 1.165) is 12.8 Å². The average Bonchev–Trinajstić information content (AvgIpc) is 2.53. The molecule has 0 unspecified atom stereocenters. The normalized spacial score (nSPS) is 17.0. The van der Waals surface area contributed by atoms with Crippen molar-refractivity contribution in [3.05, 3.63) is 17.7 Å². The Balaban J connectivity index is 2.56. The summed E-state index contributed by atoms with van der Waals surface area (Å²) in [6, 6.07) is 2.67. The molecule has 8 heteroatoms. The Morgan fingerprint density at radius 2 is 1.83 bits per heavy atom. The molecule has 7 nitrogen and oxygen atoms in total. The fourth-order valence-electron chi connectivity index (χ4n) is 2.69. The number of rotatable bonds is 5. The van der Waals surface area contributed by atoms with Crippen LogP contribution in [-0.4, -0.2) is 51.1 Å². The SMILES string of the molecule is COc1ccc(S(=O)(=O)N2CCC(C)CC2)c(C(=O)O)c1OC. The summed E-state index contributed by atoms with van der Waals surface area (Å²) in [7, 11) is -1.26. The highest BCUT2D eigenvalue weighted by Crippen LogP contribution is 2.37. The predicted octanol–water partition coefficient (Wildman–Crippen LogP) is 1.82. The molecular weight excluding hydrogens is 322 g/mol. The highest BCUT2D eigenvalue weighted by Gasteiger charge is 2.34. The zero-order chi connectivity index (χ0) is 17.2. The predicted molar refractivity (Wildman–Crippen MR) is 83.7 cm³/mol. The number of piperidine rings is 1. The van der Waals surface area contributed by atoms with Crippen LogP contribution in [0.25, 0.3) is 0 Å². The minimum atomic E-state index is -3.90. The molecule has 1 aromatic rings. The first-order chi connectivity index (χ1) is 10.8. The molecule has 1 N–H and O–H groups in total. The lowest BCUT2D eigenvalue weighted by Crippen LogP contribution is -2.38. The van der Waals surface area contributed by atoms with Gasteiger partial charge in [-0.2, -0.15) is 4.31 Å². The highest BCUT2D eigenvalue weighted by molar-refractivity contribution is 7.89. The Labute approximate surface area is 135 Å². The van der Waals surface area contributed by atoms with E-state index in [-0.39, 0.29) is 16.4 Å². The lowest BCUT2D eigenvalue weighted by atomic mass is 10.0. The van der Waals surface area contributed by atoms with Gasteiger partial charge in [0.1, 0.15) is 10.5 Å². The number of benzene rings is 1. The molecule has 1 aliphatic rings. The molecule has 0 radical (unpaired) electrons. The second-order valence-corrected chi connectivity index (χ2v) is 7.47. The van der Waals surface area contributed by atoms with E-state index in [1.165, 1.54) is 30.7 Å². The summed E-state index contributed by atoms with van der Waals surface area (Å²) in [4.78, 5) is 11.4. The van der Waals surface area contributed by atoms with E-state index in [1.807, 2.05) is 0 Å². The molecule has 1 aliphatic heterocycles. The molecule has 0 amide bonds. The Hall–Kier alpha value is -1.80. The highest BCUT2D eigenvalue weighted by atomic mass is 32.2. The third kappa shape index (κ3) is 3.28. The van der Waals surface area contributed by atoms with Crippen molar-refractivity contribution in [2.45, 2.75) is 24.7 Å². The molecule has 1 fully saturated rings. The van der Waals surface area contributed by atoms with Gasteiger partial charge < -0.3 is 14.6 Å². The number of hydrogen-bond acceptors (Lipinski definition) is 5. The molecular formula is C15H21NO6S. The number of carbonyl (C=O) groups is 1. The Kier molecular flexibility index (Phi) is 5.16. The summed E-state index contributed by atoms with van der Waals surface area (Å²) in [5.74, 6) is -0.821. The van der Waals surface area contributed by atoms with Crippen LogP contribution in [-0.2, 0) is 10.0 Å². The number of carboxylic acid groups (broad SMARTS) is 1. The van der Waals surface area contributed by atoms with Gasteiger partial charge >= 0.3 is 5.97 Å². The summed E-state index contributed by atoms with van der Waals surface area (Å²) >= 11 is 0. The summed E-state index contributed by atoms with van der Waals surface area (Å²) in [6.45, 7) is 2.84. The first-order valence-corrected chi connectivity index (χ1v) is 8.75. The van der Waals surface area contributed by atoms with E-state index in [1.54, 1.807) is 0 Å². The van der Waals surface area contributed by atoms with Crippen LogP contribution in [0.5, 0.6) is 11.5 Å². The van der Waals surface area contributed by atoms with Crippen LogP contribution in [0.4, 0.5) is 0 Å². The number of methoxy groups -OCH3 is 2. The van der Waals surface area contributed by atoms with Gasteiger partial charge in [-0.25, -0.2) is 13.2 Å². The van der Waals surface area contributed by atoms with Crippen molar-refractivity contribution in [3.63, 3.8) is 0 Å². The van der Waals surface area contributed by atoms with Gasteiger partial charge in [0.2, 0.25) is 10.0 Å². The van der Waals surface area contributed by atoms with Gasteiger partial charge in [-0.3, -0.25) is 0 Å². The van der Waals surface area contributed by atoms with Crippen molar-refractivity contribution in [1.29, 1.82) is 0 Å². The van der Waals surface area contributed by atoms with Gasteiger partial charge in [-0.1, -0.05) is 6.92 Å². The minimum Gasteiger partial charge on any atom is -0.493 e. The molecule has 23 heavy (non-hydrogen) atoms. The van der Waals surface area contributed by atoms with Crippen LogP contribution >= 0.6 is 0 Å². The number of ether oxygens (including phenoxy) is 2. The maximum absolute atomic E-state index is 12.9. The van der Waals surface area contributed by atoms with Crippen molar-refractivity contribution in [3.8, 4) is 11.5 Å². The Morgan fingerprint density at radius 3 is 2.30 bits per heavy atom. The van der Waals surface area contributed by atoms with Gasteiger partial charge in [0.25, 0.3) is 0 Å². The minimum absolute atomic E-state index is 0.0912. The van der Waals surface area contributed by atoms with Crippen LogP contribution in [0.1, 0.15) is 30.1 Å². The number of sulfonamides is 1. The van der Waals surface area contributed by atoms with Gasteiger partial charge in [0, 0.05) is 13.1 Å². The average molecular weight is 343 g/mol. The van der Waals surface area contributed by atoms with E-state index in [0.29, 0.717) is 19.0 Å². The van der Waals surface area contributed by atoms with Crippen molar-refractivity contribution in [1.82, 2.24) is 4.31 Å². The van der Waals surface area contributed by atoms with Gasteiger partial charge in [-0.15, -0.1) is 0 Å². The fraction of sp³-hybridized carbons (Fsp3) is 0.533. The van der Waals surface area contributed by atoms with E-state index in [2.05, 4.69) is 6.92 Å². The fourth-order valence-corrected chi connectivity index (χ4v) is 4.34. The van der Waals surface area contributed by atoms with Crippen molar-refractivity contribution >= 4 is 16.0 Å². The van der Waals surface area contributed by atoms with Crippen molar-refractivity contribution in [2.75, 3.05) is 27.3 Å². The molecule has 0 aliphatic carbocycles. The first kappa shape index (κ1) is 17.6. The number of nitrogens with zero attached hydrogens (tertiary/aromatic N) is 1. The molecule has 0 atom stereocenters. The van der Waals surface area contributed by atoms with Crippen LogP contribution in [0.3, 0.4) is 0 Å². The first-order valence-electron chi connectivity index (χ1n) is 7.31. The molecule has 2 rings (SSSR count). The van der Waals surface area contributed by atoms with Gasteiger partial charge in [0.05, 0.1) is 14.2 Å². The molecule has 1 heterocycles. The second kappa shape index (κ2) is 6.76. The second-order valence-electron chi connectivity index (χ2n) is 5.57. The topological polar surface area (TPSA) is 93.1 Å². The summed E-state index contributed by atoms with van der Waals surface area (Å²) in [5, 5.41) is 9.48. The zero-order valence-electron chi connectivity index (χ0n) is 13.4. The molecule has 0 aromatic heterocycles. The maximum Gasteiger partial charge on any atom is 0.341 e. The summed E-state index contributed by atoms with van der Waals surface area (Å²) in [5.41, 5.74) is -0.398. The number of aromatic carboxylic acids is 1. The molecule has 1 aromatic carbocycles. The lowest BCUT2D eigenvalue weighted by Gasteiger charge is -2.30. The van der Waals surface area contributed by atoms with E-state index in [9.17, 15) is 18.3 Å². The quantitative estimate of drug-likeness (QED) is 0.876. The lowest BCUT2D eigenvalue weighted by molar-refractivity contribution is 0.0687. The van der Waals surface area contributed by atoms with Gasteiger partial charge in [0.15, 0.2) is 11.5 Å². The maximum atomic E-state index is 12.9. The third-order valence-electron chi connectivity index (χ3n) is 4.08. The molecule has 0 bridgehead atoms. The molecule has 128 valence electrons. The van der Waals surface area contributed by atoms with E-state index < -0.39 is 21.6 Å². The summed E-state index contributed by atoms with van der Waals surface area (Å²) < 4.78 is 37.2. The monoisotopic (exact) mass is 343 g/mol. The largest absolute Gasteiger partial charge is 0.493 e.